The van der Waals surface area contributed by atoms with Crippen LogP contribution < -0.4 is 5.32 Å². The highest BCUT2D eigenvalue weighted by Gasteiger charge is 2.80. The van der Waals surface area contributed by atoms with Crippen LogP contribution in [0.25, 0.3) is 0 Å². The van der Waals surface area contributed by atoms with Crippen LogP contribution in [0.15, 0.2) is 0 Å². The van der Waals surface area contributed by atoms with Gasteiger partial charge >= 0.3 is 17.9 Å². The van der Waals surface area contributed by atoms with Crippen LogP contribution in [-0.4, -0.2) is 81.7 Å². The maximum atomic E-state index is 12.8. The van der Waals surface area contributed by atoms with Crippen LogP contribution in [0.1, 0.15) is 20.8 Å². The third kappa shape index (κ3) is 3.75. The van der Waals surface area contributed by atoms with Crippen LogP contribution >= 0.6 is 34.8 Å². The quantitative estimate of drug-likeness (QED) is 0.298. The topological polar surface area (TPSA) is 147 Å². The van der Waals surface area contributed by atoms with Gasteiger partial charge in [0.1, 0.15) is 17.2 Å². The fraction of sp³-hybridized carbons (Fsp3) is 0.765. The van der Waals surface area contributed by atoms with E-state index < -0.39 is 75.4 Å². The largest absolute Gasteiger partial charge is 0.457 e. The lowest BCUT2D eigenvalue weighted by molar-refractivity contribution is -0.278. The van der Waals surface area contributed by atoms with E-state index in [-0.39, 0.29) is 0 Å². The zero-order chi connectivity index (χ0) is 23.5. The fourth-order valence-corrected chi connectivity index (χ4v) is 4.71. The van der Waals surface area contributed by atoms with Crippen LogP contribution in [-0.2, 0) is 42.9 Å². The molecule has 31 heavy (non-hydrogen) atoms. The molecule has 8 atom stereocenters. The zero-order valence-electron chi connectivity index (χ0n) is 16.7. The average molecular weight is 505 g/mol. The van der Waals surface area contributed by atoms with E-state index in [0.717, 1.165) is 13.8 Å². The molecule has 0 aromatic carbocycles. The van der Waals surface area contributed by atoms with E-state index in [0.29, 0.717) is 0 Å². The molecule has 0 radical (unpaired) electrons. The van der Waals surface area contributed by atoms with E-state index in [1.165, 1.54) is 14.0 Å². The minimum Gasteiger partial charge on any atom is -0.457 e. The van der Waals surface area contributed by atoms with Gasteiger partial charge in [-0.2, -0.15) is 0 Å². The maximum absolute atomic E-state index is 12.8. The van der Waals surface area contributed by atoms with Crippen LogP contribution in [0, 0.1) is 5.92 Å². The molecular formula is C17H20Cl3NO10. The summed E-state index contributed by atoms with van der Waals surface area (Å²) in [7, 11) is 1.26. The van der Waals surface area contributed by atoms with Crippen LogP contribution in [0.5, 0.6) is 0 Å². The van der Waals surface area contributed by atoms with Crippen LogP contribution in [0.3, 0.4) is 0 Å². The van der Waals surface area contributed by atoms with Crippen molar-refractivity contribution in [3.05, 3.63) is 0 Å². The number of amides is 1. The van der Waals surface area contributed by atoms with Crippen molar-refractivity contribution in [3.63, 3.8) is 0 Å². The van der Waals surface area contributed by atoms with Crippen molar-refractivity contribution in [2.45, 2.75) is 66.4 Å². The van der Waals surface area contributed by atoms with Crippen molar-refractivity contribution in [1.29, 1.82) is 0 Å². The first kappa shape index (κ1) is 24.3. The summed E-state index contributed by atoms with van der Waals surface area (Å²) in [6.07, 6.45) is -7.47. The number of carbonyl (C=O) groups excluding carboxylic acids is 4. The van der Waals surface area contributed by atoms with Crippen LogP contribution in [0.2, 0.25) is 0 Å². The Morgan fingerprint density at radius 1 is 1.13 bits per heavy atom. The number of methoxy groups -OCH3 is 1. The average Bonchev–Trinajstić information content (AvgIpc) is 2.85. The highest BCUT2D eigenvalue weighted by Crippen LogP contribution is 2.56. The summed E-state index contributed by atoms with van der Waals surface area (Å²) >= 11 is 17.2. The summed E-state index contributed by atoms with van der Waals surface area (Å²) in [4.78, 5) is 49.3. The smallest absolute Gasteiger partial charge is 0.338 e. The SMILES string of the molecule is CO[C@@H]1O[C@@H]2C(=O)O[C@@H]3[C@@H]1[C@@]2(NC(=O)C(Cl)(Cl)Cl)[C@H](OC(C)=O)[C@H](OC(C)=O)[C@@]3(C)O. The van der Waals surface area contributed by atoms with Gasteiger partial charge in [0.2, 0.25) is 0 Å². The van der Waals surface area contributed by atoms with Crippen molar-refractivity contribution in [3.8, 4) is 0 Å². The Labute approximate surface area is 191 Å². The summed E-state index contributed by atoms with van der Waals surface area (Å²) in [6, 6.07) is 0. The van der Waals surface area contributed by atoms with Gasteiger partial charge in [-0.1, -0.05) is 34.8 Å². The van der Waals surface area contributed by atoms with E-state index in [4.69, 9.17) is 58.5 Å². The highest BCUT2D eigenvalue weighted by atomic mass is 35.6. The first-order valence-corrected chi connectivity index (χ1v) is 10.2. The van der Waals surface area contributed by atoms with Crippen molar-refractivity contribution < 1.29 is 48.0 Å². The molecule has 0 unspecified atom stereocenters. The van der Waals surface area contributed by atoms with Crippen molar-refractivity contribution in [2.24, 2.45) is 5.92 Å². The number of ether oxygens (including phenoxy) is 5. The van der Waals surface area contributed by atoms with E-state index in [9.17, 15) is 24.3 Å². The molecule has 3 rings (SSSR count). The Bertz CT molecular complexity index is 814. The maximum Gasteiger partial charge on any atom is 0.338 e. The molecule has 0 spiro atoms. The minimum atomic E-state index is -2.48. The van der Waals surface area contributed by atoms with Crippen molar-refractivity contribution in [1.82, 2.24) is 5.32 Å². The molecule has 2 heterocycles. The van der Waals surface area contributed by atoms with Crippen molar-refractivity contribution >= 4 is 58.6 Å². The summed E-state index contributed by atoms with van der Waals surface area (Å²) in [6.45, 7) is 3.34. The molecule has 3 aliphatic rings. The number of hydrogen-bond acceptors (Lipinski definition) is 10. The lowest BCUT2D eigenvalue weighted by atomic mass is 9.59. The first-order chi connectivity index (χ1) is 14.2. The van der Waals surface area contributed by atoms with Gasteiger partial charge in [0.25, 0.3) is 9.70 Å². The molecule has 2 N–H and O–H groups in total. The van der Waals surface area contributed by atoms with Gasteiger partial charge in [-0.3, -0.25) is 14.4 Å². The third-order valence-corrected chi connectivity index (χ3v) is 6.15. The fourth-order valence-electron chi connectivity index (χ4n) is 4.56. The van der Waals surface area contributed by atoms with Crippen molar-refractivity contribution in [2.75, 3.05) is 7.11 Å². The van der Waals surface area contributed by atoms with E-state index >= 15 is 0 Å². The van der Waals surface area contributed by atoms with E-state index in [1.807, 2.05) is 0 Å². The Balaban J connectivity index is 2.27. The number of carbonyl (C=O) groups is 4. The lowest BCUT2D eigenvalue weighted by Crippen LogP contribution is -2.84. The molecule has 1 amide bonds. The van der Waals surface area contributed by atoms with E-state index in [2.05, 4.69) is 5.32 Å². The second-order valence-corrected chi connectivity index (χ2v) is 9.96. The summed E-state index contributed by atoms with van der Waals surface area (Å²) in [5.41, 5.74) is -4.05. The Morgan fingerprint density at radius 2 is 1.68 bits per heavy atom. The number of alkyl halides is 3. The molecule has 0 aromatic heterocycles. The minimum absolute atomic E-state index is 0.840. The molecule has 3 fully saturated rings. The molecule has 0 aromatic rings. The number of aliphatic hydroxyl groups is 1. The van der Waals surface area contributed by atoms with Gasteiger partial charge in [-0.15, -0.1) is 0 Å². The lowest BCUT2D eigenvalue weighted by Gasteiger charge is -2.59. The number of hydrogen-bond donors (Lipinski definition) is 2. The molecular weight excluding hydrogens is 485 g/mol. The normalized spacial score (nSPS) is 41.2. The molecule has 1 aliphatic carbocycles. The summed E-state index contributed by atoms with van der Waals surface area (Å²) in [5, 5.41) is 13.7. The summed E-state index contributed by atoms with van der Waals surface area (Å²) < 4.78 is 24.5. The summed E-state index contributed by atoms with van der Waals surface area (Å²) in [5.74, 6) is -5.02. The Hall–Kier alpha value is -1.37. The van der Waals surface area contributed by atoms with Gasteiger partial charge < -0.3 is 34.1 Å². The number of nitrogens with one attached hydrogen (secondary N) is 1. The molecule has 2 saturated heterocycles. The van der Waals surface area contributed by atoms with Gasteiger partial charge in [0, 0.05) is 21.0 Å². The number of rotatable bonds is 4. The van der Waals surface area contributed by atoms with Gasteiger partial charge in [0.05, 0.1) is 5.92 Å². The Morgan fingerprint density at radius 3 is 2.16 bits per heavy atom. The first-order valence-electron chi connectivity index (χ1n) is 9.02. The molecule has 1 saturated carbocycles. The number of halogens is 3. The second kappa shape index (κ2) is 7.89. The molecule has 14 heteroatoms. The zero-order valence-corrected chi connectivity index (χ0v) is 19.0. The van der Waals surface area contributed by atoms with Crippen LogP contribution in [0.4, 0.5) is 0 Å². The van der Waals surface area contributed by atoms with Gasteiger partial charge in [-0.05, 0) is 6.92 Å². The van der Waals surface area contributed by atoms with E-state index in [1.54, 1.807) is 0 Å². The highest BCUT2D eigenvalue weighted by molar-refractivity contribution is 6.76. The molecule has 4 bridgehead atoms. The predicted octanol–water partition coefficient (Wildman–Crippen LogP) is -0.247. The molecule has 2 aliphatic heterocycles. The number of esters is 3. The molecule has 174 valence electrons. The predicted molar refractivity (Wildman–Crippen MR) is 102 cm³/mol. The van der Waals surface area contributed by atoms with Gasteiger partial charge in [0.15, 0.2) is 24.6 Å². The standard InChI is InChI=1S/C17H20Cl3NO10/c1-5(22)28-9-10(29-6(2)23)16(21-14(25)17(18,19)20)7-8(15(9,3)26)30-12(24)11(16)31-13(7)27-4/h7-11,13,26H,1-4H3,(H,21,25)/t7-,8+,9-,10+,11+,13+,15-,16+/m0/s1. The Kier molecular flexibility index (Phi) is 6.18. The third-order valence-electron chi connectivity index (χ3n) is 5.64. The molecule has 11 nitrogen and oxygen atoms in total. The monoisotopic (exact) mass is 503 g/mol. The second-order valence-electron chi connectivity index (χ2n) is 7.67. The van der Waals surface area contributed by atoms with Gasteiger partial charge in [-0.25, -0.2) is 4.79 Å².